The Bertz CT molecular complexity index is 516. The van der Waals surface area contributed by atoms with Gasteiger partial charge in [0.25, 0.3) is 0 Å². The van der Waals surface area contributed by atoms with Crippen LogP contribution in [0.4, 0.5) is 0 Å². The summed E-state index contributed by atoms with van der Waals surface area (Å²) in [6.45, 7) is 7.01. The summed E-state index contributed by atoms with van der Waals surface area (Å²) in [5.41, 5.74) is 1.42. The van der Waals surface area contributed by atoms with Gasteiger partial charge in [0.2, 0.25) is 0 Å². The predicted molar refractivity (Wildman–Crippen MR) is 108 cm³/mol. The van der Waals surface area contributed by atoms with Crippen LogP contribution in [-0.4, -0.2) is 48.3 Å². The van der Waals surface area contributed by atoms with Crippen LogP contribution < -0.4 is 0 Å². The minimum Gasteiger partial charge on any atom is -0.301 e. The van der Waals surface area contributed by atoms with E-state index in [1.54, 1.807) is 0 Å². The molecule has 26 heavy (non-hydrogen) atoms. The van der Waals surface area contributed by atoms with Crippen molar-refractivity contribution in [1.82, 2.24) is 9.80 Å². The molecule has 0 spiro atoms. The third kappa shape index (κ3) is 6.51. The topological polar surface area (TPSA) is 23.6 Å². The van der Waals surface area contributed by atoms with Gasteiger partial charge in [-0.3, -0.25) is 9.69 Å². The Morgan fingerprint density at radius 2 is 1.54 bits per heavy atom. The lowest BCUT2D eigenvalue weighted by Crippen LogP contribution is -2.46. The van der Waals surface area contributed by atoms with Gasteiger partial charge in [-0.2, -0.15) is 0 Å². The number of hydrogen-bond donors (Lipinski definition) is 0. The number of carbonyl (C=O) groups is 1. The summed E-state index contributed by atoms with van der Waals surface area (Å²) in [5, 5.41) is 0. The molecule has 0 unspecified atom stereocenters. The first-order chi connectivity index (χ1) is 12.8. The summed E-state index contributed by atoms with van der Waals surface area (Å²) in [5.74, 6) is 0.959. The van der Waals surface area contributed by atoms with Crippen LogP contribution in [0.15, 0.2) is 30.3 Å². The molecular formula is C23H36N2O. The Kier molecular flexibility index (Phi) is 8.16. The van der Waals surface area contributed by atoms with E-state index in [1.807, 2.05) is 0 Å². The molecule has 1 aliphatic heterocycles. The minimum atomic E-state index is 0.404. The van der Waals surface area contributed by atoms with E-state index in [0.717, 1.165) is 32.2 Å². The van der Waals surface area contributed by atoms with Crippen LogP contribution in [0.1, 0.15) is 63.4 Å². The van der Waals surface area contributed by atoms with E-state index in [2.05, 4.69) is 40.1 Å². The number of nitrogens with zero attached hydrogens (tertiary/aromatic N) is 2. The van der Waals surface area contributed by atoms with Gasteiger partial charge in [0, 0.05) is 45.1 Å². The number of hydrogen-bond acceptors (Lipinski definition) is 3. The van der Waals surface area contributed by atoms with E-state index in [4.69, 9.17) is 0 Å². The number of ketones is 1. The highest BCUT2D eigenvalue weighted by Gasteiger charge is 2.20. The molecule has 0 radical (unpaired) electrons. The Hall–Kier alpha value is -1.19. The lowest BCUT2D eigenvalue weighted by Gasteiger charge is -2.34. The maximum absolute atomic E-state index is 12.2. The van der Waals surface area contributed by atoms with E-state index in [1.165, 1.54) is 70.4 Å². The van der Waals surface area contributed by atoms with Crippen molar-refractivity contribution in [3.05, 3.63) is 35.9 Å². The van der Waals surface area contributed by atoms with Crippen LogP contribution in [0.25, 0.3) is 0 Å². The fraction of sp³-hybridized carbons (Fsp3) is 0.696. The van der Waals surface area contributed by atoms with E-state index >= 15 is 0 Å². The zero-order chi connectivity index (χ0) is 18.0. The first-order valence-corrected chi connectivity index (χ1v) is 10.8. The van der Waals surface area contributed by atoms with E-state index in [9.17, 15) is 4.79 Å². The van der Waals surface area contributed by atoms with Crippen molar-refractivity contribution in [3.63, 3.8) is 0 Å². The second kappa shape index (κ2) is 10.8. The van der Waals surface area contributed by atoms with Crippen LogP contribution in [0, 0.1) is 5.92 Å². The Labute approximate surface area is 159 Å². The fourth-order valence-electron chi connectivity index (χ4n) is 4.45. The lowest BCUT2D eigenvalue weighted by molar-refractivity contribution is -0.123. The molecule has 1 aliphatic carbocycles. The van der Waals surface area contributed by atoms with Gasteiger partial charge in [-0.25, -0.2) is 0 Å². The molecule has 3 nitrogen and oxygen atoms in total. The van der Waals surface area contributed by atoms with Crippen molar-refractivity contribution in [2.45, 2.75) is 64.3 Å². The zero-order valence-corrected chi connectivity index (χ0v) is 16.4. The minimum absolute atomic E-state index is 0.404. The zero-order valence-electron chi connectivity index (χ0n) is 16.4. The van der Waals surface area contributed by atoms with Crippen molar-refractivity contribution in [2.24, 2.45) is 5.92 Å². The fourth-order valence-corrected chi connectivity index (χ4v) is 4.45. The Morgan fingerprint density at radius 1 is 0.846 bits per heavy atom. The number of Topliss-reactive ketones (excluding diaryl/α,β-unsaturated/α-hetero) is 1. The number of carbonyl (C=O) groups excluding carboxylic acids is 1. The van der Waals surface area contributed by atoms with E-state index < -0.39 is 0 Å². The van der Waals surface area contributed by atoms with Gasteiger partial charge in [-0.1, -0.05) is 56.0 Å². The third-order valence-electron chi connectivity index (χ3n) is 6.17. The van der Waals surface area contributed by atoms with Crippen molar-refractivity contribution in [2.75, 3.05) is 32.7 Å². The van der Waals surface area contributed by atoms with Gasteiger partial charge in [0.15, 0.2) is 0 Å². The maximum atomic E-state index is 12.2. The van der Waals surface area contributed by atoms with E-state index in [0.29, 0.717) is 11.7 Å². The van der Waals surface area contributed by atoms with Gasteiger partial charge < -0.3 is 4.90 Å². The van der Waals surface area contributed by atoms with Crippen molar-refractivity contribution in [1.29, 1.82) is 0 Å². The third-order valence-corrected chi connectivity index (χ3v) is 6.17. The number of benzene rings is 1. The highest BCUT2D eigenvalue weighted by molar-refractivity contribution is 5.80. The summed E-state index contributed by atoms with van der Waals surface area (Å²) in [6, 6.07) is 10.8. The highest BCUT2D eigenvalue weighted by atomic mass is 16.1. The monoisotopic (exact) mass is 356 g/mol. The molecule has 3 heteroatoms. The molecular weight excluding hydrogens is 320 g/mol. The molecule has 1 saturated carbocycles. The van der Waals surface area contributed by atoms with Gasteiger partial charge in [-0.05, 0) is 37.8 Å². The molecule has 0 bridgehead atoms. The molecule has 1 aromatic carbocycles. The quantitative estimate of drug-likeness (QED) is 0.608. The first kappa shape index (κ1) is 19.6. The maximum Gasteiger partial charge on any atom is 0.135 e. The molecule has 2 fully saturated rings. The molecule has 144 valence electrons. The van der Waals surface area contributed by atoms with Crippen LogP contribution in [-0.2, 0) is 11.3 Å². The molecule has 2 aliphatic rings. The SMILES string of the molecule is O=C(CCCCCN1CCN(Cc2ccccc2)CC1)C1CCCCC1. The Morgan fingerprint density at radius 3 is 2.27 bits per heavy atom. The molecule has 0 N–H and O–H groups in total. The molecule has 3 rings (SSSR count). The molecule has 1 aromatic rings. The predicted octanol–water partition coefficient (Wildman–Crippen LogP) is 4.51. The summed E-state index contributed by atoms with van der Waals surface area (Å²) >= 11 is 0. The van der Waals surface area contributed by atoms with Gasteiger partial charge in [0.05, 0.1) is 0 Å². The number of piperazine rings is 1. The lowest BCUT2D eigenvalue weighted by atomic mass is 9.84. The first-order valence-electron chi connectivity index (χ1n) is 10.8. The summed E-state index contributed by atoms with van der Waals surface area (Å²) < 4.78 is 0. The van der Waals surface area contributed by atoms with Gasteiger partial charge >= 0.3 is 0 Å². The van der Waals surface area contributed by atoms with Crippen LogP contribution in [0.5, 0.6) is 0 Å². The van der Waals surface area contributed by atoms with E-state index in [-0.39, 0.29) is 0 Å². The summed E-state index contributed by atoms with van der Waals surface area (Å²) in [6.07, 6.45) is 10.6. The smallest absolute Gasteiger partial charge is 0.135 e. The number of rotatable bonds is 9. The second-order valence-corrected chi connectivity index (χ2v) is 8.22. The molecule has 0 amide bonds. The second-order valence-electron chi connectivity index (χ2n) is 8.22. The highest BCUT2D eigenvalue weighted by Crippen LogP contribution is 2.25. The van der Waals surface area contributed by atoms with Crippen LogP contribution in [0.2, 0.25) is 0 Å². The number of unbranched alkanes of at least 4 members (excludes halogenated alkanes) is 2. The van der Waals surface area contributed by atoms with Crippen molar-refractivity contribution < 1.29 is 4.79 Å². The average Bonchev–Trinajstić information content (AvgIpc) is 2.70. The van der Waals surface area contributed by atoms with Gasteiger partial charge in [-0.15, -0.1) is 0 Å². The molecule has 0 atom stereocenters. The summed E-state index contributed by atoms with van der Waals surface area (Å²) in [4.78, 5) is 17.4. The largest absolute Gasteiger partial charge is 0.301 e. The summed E-state index contributed by atoms with van der Waals surface area (Å²) in [7, 11) is 0. The van der Waals surface area contributed by atoms with Crippen LogP contribution >= 0.6 is 0 Å². The normalized spacial score (nSPS) is 20.3. The van der Waals surface area contributed by atoms with Crippen molar-refractivity contribution >= 4 is 5.78 Å². The molecule has 1 saturated heterocycles. The van der Waals surface area contributed by atoms with Crippen LogP contribution in [0.3, 0.4) is 0 Å². The molecule has 0 aromatic heterocycles. The molecule has 1 heterocycles. The standard InChI is InChI=1S/C23H36N2O/c26-23(22-12-6-2-7-13-22)14-8-3-9-15-24-16-18-25(19-17-24)20-21-10-4-1-5-11-21/h1,4-5,10-11,22H,2-3,6-9,12-20H2. The average molecular weight is 357 g/mol. The van der Waals surface area contributed by atoms with Crippen molar-refractivity contribution in [3.8, 4) is 0 Å². The Balaban J connectivity index is 1.22. The van der Waals surface area contributed by atoms with Gasteiger partial charge in [0.1, 0.15) is 5.78 Å².